The van der Waals surface area contributed by atoms with Crippen LogP contribution in [0.1, 0.15) is 25.8 Å². The van der Waals surface area contributed by atoms with Gasteiger partial charge in [0.15, 0.2) is 0 Å². The normalized spacial score (nSPS) is 14.9. The van der Waals surface area contributed by atoms with Crippen molar-refractivity contribution in [2.45, 2.75) is 32.7 Å². The highest BCUT2D eigenvalue weighted by Crippen LogP contribution is 2.11. The molecule has 17 heavy (non-hydrogen) atoms. The third-order valence-electron chi connectivity index (χ3n) is 3.46. The lowest BCUT2D eigenvalue weighted by molar-refractivity contribution is 0.224. The summed E-state index contributed by atoms with van der Waals surface area (Å²) in [5.41, 5.74) is 7.11. The lowest BCUT2D eigenvalue weighted by Crippen LogP contribution is -2.38. The molecule has 1 aromatic carbocycles. The van der Waals surface area contributed by atoms with Gasteiger partial charge >= 0.3 is 0 Å². The Morgan fingerprint density at radius 3 is 2.41 bits per heavy atom. The standard InChI is InChI=1S/C15H26N2/c1-13(12-17(3)14(2)11-16)9-10-15-7-5-4-6-8-15/h4-8,13-14H,9-12,16H2,1-3H3/t13-,14+/m1/s1. The van der Waals surface area contributed by atoms with Gasteiger partial charge in [-0.3, -0.25) is 0 Å². The van der Waals surface area contributed by atoms with Gasteiger partial charge in [0.25, 0.3) is 0 Å². The first kappa shape index (κ1) is 14.2. The highest BCUT2D eigenvalue weighted by Gasteiger charge is 2.11. The zero-order valence-electron chi connectivity index (χ0n) is 11.4. The molecule has 0 aliphatic carbocycles. The molecule has 0 fully saturated rings. The molecule has 0 amide bonds. The van der Waals surface area contributed by atoms with Crippen molar-refractivity contribution >= 4 is 0 Å². The van der Waals surface area contributed by atoms with Gasteiger partial charge in [-0.25, -0.2) is 0 Å². The van der Waals surface area contributed by atoms with Gasteiger partial charge < -0.3 is 10.6 Å². The number of nitrogens with zero attached hydrogens (tertiary/aromatic N) is 1. The first-order chi connectivity index (χ1) is 8.13. The van der Waals surface area contributed by atoms with E-state index in [0.717, 1.165) is 13.1 Å². The average Bonchev–Trinajstić information content (AvgIpc) is 2.36. The van der Waals surface area contributed by atoms with E-state index in [9.17, 15) is 0 Å². The highest BCUT2D eigenvalue weighted by molar-refractivity contribution is 5.14. The molecule has 0 aliphatic rings. The summed E-state index contributed by atoms with van der Waals surface area (Å²) in [4.78, 5) is 2.36. The number of benzene rings is 1. The summed E-state index contributed by atoms with van der Waals surface area (Å²) in [5, 5.41) is 0. The Labute approximate surface area is 106 Å². The second-order valence-corrected chi connectivity index (χ2v) is 5.15. The Hall–Kier alpha value is -0.860. The molecule has 0 saturated carbocycles. The molecule has 0 unspecified atom stereocenters. The van der Waals surface area contributed by atoms with Crippen molar-refractivity contribution in [3.8, 4) is 0 Å². The van der Waals surface area contributed by atoms with Gasteiger partial charge in [0.2, 0.25) is 0 Å². The van der Waals surface area contributed by atoms with Crippen LogP contribution in [0.2, 0.25) is 0 Å². The van der Waals surface area contributed by atoms with Crippen molar-refractivity contribution < 1.29 is 0 Å². The van der Waals surface area contributed by atoms with E-state index in [4.69, 9.17) is 5.73 Å². The molecule has 2 heteroatoms. The molecule has 2 nitrogen and oxygen atoms in total. The van der Waals surface area contributed by atoms with Crippen LogP contribution >= 0.6 is 0 Å². The molecule has 1 aromatic rings. The van der Waals surface area contributed by atoms with Crippen molar-refractivity contribution in [1.29, 1.82) is 0 Å². The first-order valence-corrected chi connectivity index (χ1v) is 6.57. The summed E-state index contributed by atoms with van der Waals surface area (Å²) < 4.78 is 0. The minimum atomic E-state index is 0.481. The SMILES string of the molecule is C[C@H](CCc1ccccc1)CN(C)[C@@H](C)CN. The minimum Gasteiger partial charge on any atom is -0.329 e. The van der Waals surface area contributed by atoms with Crippen LogP contribution in [0.25, 0.3) is 0 Å². The van der Waals surface area contributed by atoms with E-state index in [1.54, 1.807) is 0 Å². The number of hydrogen-bond donors (Lipinski definition) is 1. The summed E-state index contributed by atoms with van der Waals surface area (Å²) in [7, 11) is 2.16. The first-order valence-electron chi connectivity index (χ1n) is 6.57. The molecule has 0 heterocycles. The third-order valence-corrected chi connectivity index (χ3v) is 3.46. The zero-order chi connectivity index (χ0) is 12.7. The number of likely N-dealkylation sites (N-methyl/N-ethyl adjacent to an activating group) is 1. The molecular formula is C15H26N2. The molecule has 0 aromatic heterocycles. The van der Waals surface area contributed by atoms with Crippen LogP contribution in [0.4, 0.5) is 0 Å². The van der Waals surface area contributed by atoms with E-state index in [1.165, 1.54) is 18.4 Å². The lowest BCUT2D eigenvalue weighted by atomic mass is 10.0. The number of rotatable bonds is 7. The monoisotopic (exact) mass is 234 g/mol. The molecule has 0 saturated heterocycles. The third kappa shape index (κ3) is 5.33. The van der Waals surface area contributed by atoms with Gasteiger partial charge in [-0.2, -0.15) is 0 Å². The Morgan fingerprint density at radius 2 is 1.82 bits per heavy atom. The van der Waals surface area contributed by atoms with Crippen LogP contribution in [0.5, 0.6) is 0 Å². The Bertz CT molecular complexity index is 297. The molecule has 0 spiro atoms. The van der Waals surface area contributed by atoms with Gasteiger partial charge in [0.1, 0.15) is 0 Å². The largest absolute Gasteiger partial charge is 0.329 e. The Morgan fingerprint density at radius 1 is 1.18 bits per heavy atom. The quantitative estimate of drug-likeness (QED) is 0.785. The zero-order valence-corrected chi connectivity index (χ0v) is 11.4. The molecule has 96 valence electrons. The molecule has 1 rings (SSSR count). The summed E-state index contributed by atoms with van der Waals surface area (Å²) in [6.07, 6.45) is 2.42. The summed E-state index contributed by atoms with van der Waals surface area (Å²) in [5.74, 6) is 0.717. The van der Waals surface area contributed by atoms with Crippen LogP contribution in [-0.2, 0) is 6.42 Å². The average molecular weight is 234 g/mol. The Kier molecular flexibility index (Phi) is 6.23. The fourth-order valence-corrected chi connectivity index (χ4v) is 2.00. The van der Waals surface area contributed by atoms with Gasteiger partial charge in [-0.15, -0.1) is 0 Å². The number of aryl methyl sites for hydroxylation is 1. The second-order valence-electron chi connectivity index (χ2n) is 5.15. The molecule has 0 aliphatic heterocycles. The van der Waals surface area contributed by atoms with E-state index < -0.39 is 0 Å². The van der Waals surface area contributed by atoms with Gasteiger partial charge in [-0.05, 0) is 38.3 Å². The van der Waals surface area contributed by atoms with Crippen molar-refractivity contribution in [3.63, 3.8) is 0 Å². The number of nitrogens with two attached hydrogens (primary N) is 1. The predicted molar refractivity (Wildman–Crippen MR) is 75.1 cm³/mol. The summed E-state index contributed by atoms with van der Waals surface area (Å²) in [6, 6.07) is 11.2. The van der Waals surface area contributed by atoms with E-state index in [-0.39, 0.29) is 0 Å². The van der Waals surface area contributed by atoms with Crippen molar-refractivity contribution in [3.05, 3.63) is 35.9 Å². The fourth-order valence-electron chi connectivity index (χ4n) is 2.00. The number of hydrogen-bond acceptors (Lipinski definition) is 2. The van der Waals surface area contributed by atoms with E-state index in [0.29, 0.717) is 12.0 Å². The predicted octanol–water partition coefficient (Wildman–Crippen LogP) is 2.53. The van der Waals surface area contributed by atoms with Gasteiger partial charge in [0.05, 0.1) is 0 Å². The van der Waals surface area contributed by atoms with Crippen LogP contribution in [0.3, 0.4) is 0 Å². The fraction of sp³-hybridized carbons (Fsp3) is 0.600. The molecule has 2 atom stereocenters. The molecule has 0 bridgehead atoms. The van der Waals surface area contributed by atoms with E-state index in [1.807, 2.05) is 0 Å². The van der Waals surface area contributed by atoms with Crippen LogP contribution in [0, 0.1) is 5.92 Å². The van der Waals surface area contributed by atoms with Crippen LogP contribution in [0.15, 0.2) is 30.3 Å². The highest BCUT2D eigenvalue weighted by atomic mass is 15.1. The van der Waals surface area contributed by atoms with Gasteiger partial charge in [-0.1, -0.05) is 37.3 Å². The van der Waals surface area contributed by atoms with E-state index in [2.05, 4.69) is 56.1 Å². The van der Waals surface area contributed by atoms with Gasteiger partial charge in [0, 0.05) is 19.1 Å². The summed E-state index contributed by atoms with van der Waals surface area (Å²) >= 11 is 0. The maximum atomic E-state index is 5.67. The smallest absolute Gasteiger partial charge is 0.0187 e. The molecular weight excluding hydrogens is 208 g/mol. The van der Waals surface area contributed by atoms with Crippen molar-refractivity contribution in [1.82, 2.24) is 4.90 Å². The lowest BCUT2D eigenvalue weighted by Gasteiger charge is -2.26. The maximum absolute atomic E-state index is 5.67. The van der Waals surface area contributed by atoms with E-state index >= 15 is 0 Å². The molecule has 2 N–H and O–H groups in total. The second kappa shape index (κ2) is 7.46. The maximum Gasteiger partial charge on any atom is 0.0187 e. The topological polar surface area (TPSA) is 29.3 Å². The minimum absolute atomic E-state index is 0.481. The molecule has 0 radical (unpaired) electrons. The van der Waals surface area contributed by atoms with Crippen molar-refractivity contribution in [2.75, 3.05) is 20.1 Å². The van der Waals surface area contributed by atoms with Crippen LogP contribution in [-0.4, -0.2) is 31.1 Å². The van der Waals surface area contributed by atoms with Crippen molar-refractivity contribution in [2.24, 2.45) is 11.7 Å². The summed E-state index contributed by atoms with van der Waals surface area (Å²) in [6.45, 7) is 6.37. The Balaban J connectivity index is 2.28. The van der Waals surface area contributed by atoms with Crippen LogP contribution < -0.4 is 5.73 Å².